The van der Waals surface area contributed by atoms with Gasteiger partial charge in [-0.3, -0.25) is 9.69 Å². The largest absolute Gasteiger partial charge is 0.481 e. The highest BCUT2D eigenvalue weighted by molar-refractivity contribution is 5.70. The summed E-state index contributed by atoms with van der Waals surface area (Å²) in [5.74, 6) is -2.32. The molecule has 1 saturated carbocycles. The summed E-state index contributed by atoms with van der Waals surface area (Å²) in [4.78, 5) is 13.1. The number of halogens is 3. The molecule has 6 heteroatoms. The molecule has 1 saturated heterocycles. The second-order valence-corrected chi connectivity index (χ2v) is 6.21. The van der Waals surface area contributed by atoms with E-state index in [4.69, 9.17) is 5.11 Å². The van der Waals surface area contributed by atoms with Crippen molar-refractivity contribution in [1.29, 1.82) is 0 Å². The van der Waals surface area contributed by atoms with Crippen molar-refractivity contribution in [2.45, 2.75) is 63.7 Å². The van der Waals surface area contributed by atoms with Gasteiger partial charge in [-0.1, -0.05) is 6.42 Å². The van der Waals surface area contributed by atoms with Gasteiger partial charge in [-0.25, -0.2) is 0 Å². The quantitative estimate of drug-likeness (QED) is 0.849. The Morgan fingerprint density at radius 3 is 2.45 bits per heavy atom. The number of alkyl halides is 3. The highest BCUT2D eigenvalue weighted by Gasteiger charge is 2.44. The van der Waals surface area contributed by atoms with Crippen LogP contribution in [0.4, 0.5) is 13.2 Å². The molecule has 2 fully saturated rings. The van der Waals surface area contributed by atoms with Crippen molar-refractivity contribution >= 4 is 5.97 Å². The van der Waals surface area contributed by atoms with E-state index >= 15 is 0 Å². The maximum atomic E-state index is 12.9. The molecule has 0 aromatic heterocycles. The highest BCUT2D eigenvalue weighted by atomic mass is 19.4. The molecule has 4 atom stereocenters. The minimum absolute atomic E-state index is 0.0416. The number of hydrogen-bond acceptors (Lipinski definition) is 2. The molecule has 0 amide bonds. The molecule has 20 heavy (non-hydrogen) atoms. The van der Waals surface area contributed by atoms with E-state index < -0.39 is 18.1 Å². The lowest BCUT2D eigenvalue weighted by molar-refractivity contribution is -0.188. The molecule has 1 aliphatic carbocycles. The van der Waals surface area contributed by atoms with E-state index in [1.165, 1.54) is 0 Å². The number of hydrogen-bond donors (Lipinski definition) is 1. The molecule has 1 aliphatic heterocycles. The molecule has 0 spiro atoms. The zero-order valence-electron chi connectivity index (χ0n) is 11.7. The van der Waals surface area contributed by atoms with E-state index in [0.29, 0.717) is 25.8 Å². The van der Waals surface area contributed by atoms with Gasteiger partial charge in [0.1, 0.15) is 0 Å². The van der Waals surface area contributed by atoms with Crippen LogP contribution in [0.5, 0.6) is 0 Å². The maximum Gasteiger partial charge on any atom is 0.391 e. The molecule has 2 rings (SSSR count). The Bertz CT molecular complexity index is 359. The van der Waals surface area contributed by atoms with Crippen LogP contribution in [-0.2, 0) is 4.79 Å². The lowest BCUT2D eigenvalue weighted by Crippen LogP contribution is -2.50. The molecule has 1 N–H and O–H groups in total. The molecular formula is C14H22F3NO2. The molecule has 4 unspecified atom stereocenters. The Morgan fingerprint density at radius 2 is 1.90 bits per heavy atom. The minimum Gasteiger partial charge on any atom is -0.481 e. The van der Waals surface area contributed by atoms with Crippen molar-refractivity contribution in [3.8, 4) is 0 Å². The Morgan fingerprint density at radius 1 is 1.20 bits per heavy atom. The first-order chi connectivity index (χ1) is 9.29. The van der Waals surface area contributed by atoms with Gasteiger partial charge in [0.15, 0.2) is 0 Å². The summed E-state index contributed by atoms with van der Waals surface area (Å²) in [5.41, 5.74) is 0. The van der Waals surface area contributed by atoms with Crippen molar-refractivity contribution < 1.29 is 23.1 Å². The SMILES string of the molecule is CC1CC(C(=O)O)CCN1C1CCCC(C(F)(F)F)C1. The zero-order valence-corrected chi connectivity index (χ0v) is 11.7. The molecule has 0 aromatic rings. The highest BCUT2D eigenvalue weighted by Crippen LogP contribution is 2.40. The number of carbonyl (C=O) groups is 1. The molecule has 1 heterocycles. The fraction of sp³-hybridized carbons (Fsp3) is 0.929. The van der Waals surface area contributed by atoms with Gasteiger partial charge in [0, 0.05) is 12.1 Å². The number of aliphatic carboxylic acids is 1. The molecule has 116 valence electrons. The lowest BCUT2D eigenvalue weighted by atomic mass is 9.82. The van der Waals surface area contributed by atoms with Gasteiger partial charge in [-0.05, 0) is 45.6 Å². The summed E-state index contributed by atoms with van der Waals surface area (Å²) in [6.45, 7) is 2.54. The summed E-state index contributed by atoms with van der Waals surface area (Å²) in [7, 11) is 0. The molecule has 0 bridgehead atoms. The smallest absolute Gasteiger partial charge is 0.391 e. The monoisotopic (exact) mass is 293 g/mol. The van der Waals surface area contributed by atoms with Gasteiger partial charge in [0.25, 0.3) is 0 Å². The van der Waals surface area contributed by atoms with Crippen LogP contribution in [0.1, 0.15) is 45.4 Å². The Kier molecular flexibility index (Phi) is 4.62. The Balaban J connectivity index is 1.96. The van der Waals surface area contributed by atoms with Crippen LogP contribution >= 0.6 is 0 Å². The van der Waals surface area contributed by atoms with Crippen LogP contribution in [0.25, 0.3) is 0 Å². The minimum atomic E-state index is -4.10. The first kappa shape index (κ1) is 15.6. The van der Waals surface area contributed by atoms with Crippen LogP contribution < -0.4 is 0 Å². The predicted octanol–water partition coefficient (Wildman–Crippen LogP) is 3.29. The van der Waals surface area contributed by atoms with Crippen LogP contribution in [0.3, 0.4) is 0 Å². The van der Waals surface area contributed by atoms with Crippen molar-refractivity contribution in [2.75, 3.05) is 6.54 Å². The van der Waals surface area contributed by atoms with Gasteiger partial charge in [-0.2, -0.15) is 13.2 Å². The first-order valence-electron chi connectivity index (χ1n) is 7.34. The van der Waals surface area contributed by atoms with E-state index in [0.717, 1.165) is 6.42 Å². The van der Waals surface area contributed by atoms with Crippen molar-refractivity contribution in [1.82, 2.24) is 4.90 Å². The number of likely N-dealkylation sites (tertiary alicyclic amines) is 1. The van der Waals surface area contributed by atoms with Gasteiger partial charge in [0.2, 0.25) is 0 Å². The zero-order chi connectivity index (χ0) is 14.9. The summed E-state index contributed by atoms with van der Waals surface area (Å²) in [6.07, 6.45) is -1.18. The Labute approximate surface area is 117 Å². The maximum absolute atomic E-state index is 12.9. The second-order valence-electron chi connectivity index (χ2n) is 6.21. The standard InChI is InChI=1S/C14H22F3NO2/c1-9-7-10(13(19)20)5-6-18(9)12-4-2-3-11(8-12)14(15,16)17/h9-12H,2-8H2,1H3,(H,19,20). The predicted molar refractivity (Wildman–Crippen MR) is 68.3 cm³/mol. The number of nitrogens with zero attached hydrogens (tertiary/aromatic N) is 1. The average molecular weight is 293 g/mol. The average Bonchev–Trinajstić information content (AvgIpc) is 2.37. The number of carboxylic acid groups (broad SMARTS) is 1. The van der Waals surface area contributed by atoms with Crippen molar-refractivity contribution in [2.24, 2.45) is 11.8 Å². The fourth-order valence-corrected chi connectivity index (χ4v) is 3.72. The molecular weight excluding hydrogens is 271 g/mol. The fourth-order valence-electron chi connectivity index (χ4n) is 3.72. The second kappa shape index (κ2) is 5.92. The van der Waals surface area contributed by atoms with Gasteiger partial charge < -0.3 is 5.11 Å². The number of rotatable bonds is 2. The Hall–Kier alpha value is -0.780. The van der Waals surface area contributed by atoms with E-state index in [1.807, 2.05) is 6.92 Å². The summed E-state index contributed by atoms with van der Waals surface area (Å²) in [6, 6.07) is 0.0157. The van der Waals surface area contributed by atoms with Crippen molar-refractivity contribution in [3.63, 3.8) is 0 Å². The number of carboxylic acids is 1. The van der Waals surface area contributed by atoms with Crippen LogP contribution in [-0.4, -0.2) is 40.8 Å². The van der Waals surface area contributed by atoms with E-state index in [9.17, 15) is 18.0 Å². The van der Waals surface area contributed by atoms with Crippen LogP contribution in [0.2, 0.25) is 0 Å². The topological polar surface area (TPSA) is 40.5 Å². The third kappa shape index (κ3) is 3.45. The van der Waals surface area contributed by atoms with E-state index in [1.54, 1.807) is 0 Å². The summed E-state index contributed by atoms with van der Waals surface area (Å²) < 4.78 is 38.6. The third-order valence-corrected chi connectivity index (χ3v) is 4.86. The van der Waals surface area contributed by atoms with E-state index in [-0.39, 0.29) is 30.8 Å². The summed E-state index contributed by atoms with van der Waals surface area (Å²) >= 11 is 0. The first-order valence-corrected chi connectivity index (χ1v) is 7.34. The number of piperidine rings is 1. The van der Waals surface area contributed by atoms with Crippen molar-refractivity contribution in [3.05, 3.63) is 0 Å². The van der Waals surface area contributed by atoms with Crippen LogP contribution in [0.15, 0.2) is 0 Å². The van der Waals surface area contributed by atoms with Gasteiger partial charge in [-0.15, -0.1) is 0 Å². The van der Waals surface area contributed by atoms with Crippen LogP contribution in [0, 0.1) is 11.8 Å². The molecule has 0 radical (unpaired) electrons. The summed E-state index contributed by atoms with van der Waals surface area (Å²) in [5, 5.41) is 9.03. The van der Waals surface area contributed by atoms with Gasteiger partial charge in [0.05, 0.1) is 11.8 Å². The molecule has 2 aliphatic rings. The van der Waals surface area contributed by atoms with E-state index in [2.05, 4.69) is 4.90 Å². The van der Waals surface area contributed by atoms with Gasteiger partial charge >= 0.3 is 12.1 Å². The lowest BCUT2D eigenvalue weighted by Gasteiger charge is -2.44. The normalized spacial score (nSPS) is 36.8. The third-order valence-electron chi connectivity index (χ3n) is 4.86. The molecule has 3 nitrogen and oxygen atoms in total. The molecule has 0 aromatic carbocycles.